The SMILES string of the molecule is CCN1CCCC(CN2CCCN(C(=O)Nc3ccc(Cl)c(Cl)c3)CC2)C1. The van der Waals surface area contributed by atoms with E-state index in [0.717, 1.165) is 51.6 Å². The van der Waals surface area contributed by atoms with Crippen molar-refractivity contribution in [2.75, 3.05) is 57.7 Å². The summed E-state index contributed by atoms with van der Waals surface area (Å²) < 4.78 is 0. The van der Waals surface area contributed by atoms with Crippen LogP contribution in [0.3, 0.4) is 0 Å². The van der Waals surface area contributed by atoms with E-state index in [1.165, 1.54) is 25.9 Å². The number of halogens is 2. The van der Waals surface area contributed by atoms with E-state index in [9.17, 15) is 4.79 Å². The number of carbonyl (C=O) groups is 1. The Bertz CT molecular complexity index is 642. The molecule has 5 nitrogen and oxygen atoms in total. The van der Waals surface area contributed by atoms with Crippen molar-refractivity contribution >= 4 is 34.9 Å². The molecule has 0 bridgehead atoms. The summed E-state index contributed by atoms with van der Waals surface area (Å²) in [5.74, 6) is 0.760. The van der Waals surface area contributed by atoms with Gasteiger partial charge in [0.15, 0.2) is 0 Å². The minimum absolute atomic E-state index is 0.0648. The van der Waals surface area contributed by atoms with Crippen molar-refractivity contribution in [3.05, 3.63) is 28.2 Å². The fraction of sp³-hybridized carbons (Fsp3) is 0.650. The average molecular weight is 413 g/mol. The summed E-state index contributed by atoms with van der Waals surface area (Å²) in [6.45, 7) is 10.6. The number of nitrogens with one attached hydrogen (secondary N) is 1. The van der Waals surface area contributed by atoms with Crippen LogP contribution in [0.1, 0.15) is 26.2 Å². The number of piperidine rings is 1. The molecule has 27 heavy (non-hydrogen) atoms. The van der Waals surface area contributed by atoms with Crippen molar-refractivity contribution in [3.8, 4) is 0 Å². The molecule has 2 amide bonds. The lowest BCUT2D eigenvalue weighted by Crippen LogP contribution is -2.42. The molecular formula is C20H30Cl2N4O. The largest absolute Gasteiger partial charge is 0.323 e. The summed E-state index contributed by atoms with van der Waals surface area (Å²) in [4.78, 5) is 19.6. The number of anilines is 1. The number of likely N-dealkylation sites (tertiary alicyclic amines) is 1. The second kappa shape index (κ2) is 9.97. The number of nitrogens with zero attached hydrogens (tertiary/aromatic N) is 3. The maximum absolute atomic E-state index is 12.6. The smallest absolute Gasteiger partial charge is 0.321 e. The molecule has 2 fully saturated rings. The molecule has 0 radical (unpaired) electrons. The Labute approximate surface area is 172 Å². The van der Waals surface area contributed by atoms with Crippen LogP contribution in [-0.2, 0) is 0 Å². The normalized spacial score (nSPS) is 22.5. The summed E-state index contributed by atoms with van der Waals surface area (Å²) in [6, 6.07) is 5.10. The van der Waals surface area contributed by atoms with Gasteiger partial charge in [-0.05, 0) is 63.0 Å². The first kappa shape index (κ1) is 20.7. The Morgan fingerprint density at radius 2 is 1.89 bits per heavy atom. The molecule has 2 aliphatic heterocycles. The van der Waals surface area contributed by atoms with Gasteiger partial charge in [0, 0.05) is 38.4 Å². The van der Waals surface area contributed by atoms with E-state index in [0.29, 0.717) is 15.7 Å². The van der Waals surface area contributed by atoms with Gasteiger partial charge in [-0.3, -0.25) is 0 Å². The first-order valence-corrected chi connectivity index (χ1v) is 10.8. The third-order valence-electron chi connectivity index (χ3n) is 5.61. The Morgan fingerprint density at radius 1 is 1.07 bits per heavy atom. The Kier molecular flexibility index (Phi) is 7.65. The van der Waals surface area contributed by atoms with E-state index < -0.39 is 0 Å². The van der Waals surface area contributed by atoms with Gasteiger partial charge in [-0.15, -0.1) is 0 Å². The van der Waals surface area contributed by atoms with Crippen molar-refractivity contribution in [3.63, 3.8) is 0 Å². The van der Waals surface area contributed by atoms with Crippen LogP contribution in [0.4, 0.5) is 10.5 Å². The molecule has 2 aliphatic rings. The zero-order chi connectivity index (χ0) is 19.2. The minimum Gasteiger partial charge on any atom is -0.323 e. The molecular weight excluding hydrogens is 383 g/mol. The Hall–Kier alpha value is -1.01. The summed E-state index contributed by atoms with van der Waals surface area (Å²) in [7, 11) is 0. The summed E-state index contributed by atoms with van der Waals surface area (Å²) >= 11 is 12.0. The first-order valence-electron chi connectivity index (χ1n) is 10.0. The van der Waals surface area contributed by atoms with Gasteiger partial charge < -0.3 is 20.0 Å². The summed E-state index contributed by atoms with van der Waals surface area (Å²) in [5.41, 5.74) is 0.678. The van der Waals surface area contributed by atoms with Gasteiger partial charge >= 0.3 is 6.03 Å². The molecule has 150 valence electrons. The molecule has 1 unspecified atom stereocenters. The van der Waals surface area contributed by atoms with E-state index in [4.69, 9.17) is 23.2 Å². The third-order valence-corrected chi connectivity index (χ3v) is 6.35. The van der Waals surface area contributed by atoms with E-state index in [2.05, 4.69) is 22.0 Å². The molecule has 7 heteroatoms. The fourth-order valence-electron chi connectivity index (χ4n) is 4.09. The lowest BCUT2D eigenvalue weighted by molar-refractivity contribution is 0.139. The molecule has 0 spiro atoms. The topological polar surface area (TPSA) is 38.8 Å². The quantitative estimate of drug-likeness (QED) is 0.802. The number of urea groups is 1. The van der Waals surface area contributed by atoms with Gasteiger partial charge in [-0.1, -0.05) is 30.1 Å². The molecule has 0 aliphatic carbocycles. The maximum Gasteiger partial charge on any atom is 0.321 e. The first-order chi connectivity index (χ1) is 13.0. The van der Waals surface area contributed by atoms with Crippen molar-refractivity contribution in [2.24, 2.45) is 5.92 Å². The average Bonchev–Trinajstić information content (AvgIpc) is 2.90. The zero-order valence-corrected chi connectivity index (χ0v) is 17.6. The number of benzene rings is 1. The van der Waals surface area contributed by atoms with Gasteiger partial charge in [-0.25, -0.2) is 4.79 Å². The standard InChI is InChI=1S/C20H30Cl2N4O/c1-2-24-8-3-5-16(14-24)15-25-9-4-10-26(12-11-25)20(27)23-17-6-7-18(21)19(22)13-17/h6-7,13,16H,2-5,8-12,14-15H2,1H3,(H,23,27). The highest BCUT2D eigenvalue weighted by molar-refractivity contribution is 6.42. The monoisotopic (exact) mass is 412 g/mol. The molecule has 2 saturated heterocycles. The van der Waals surface area contributed by atoms with Gasteiger partial charge in [0.1, 0.15) is 0 Å². The highest BCUT2D eigenvalue weighted by Crippen LogP contribution is 2.25. The van der Waals surface area contributed by atoms with Crippen LogP contribution in [-0.4, -0.2) is 73.1 Å². The lowest BCUT2D eigenvalue weighted by Gasteiger charge is -2.34. The molecule has 1 N–H and O–H groups in total. The maximum atomic E-state index is 12.6. The second-order valence-electron chi connectivity index (χ2n) is 7.60. The van der Waals surface area contributed by atoms with Crippen LogP contribution in [0.25, 0.3) is 0 Å². The highest BCUT2D eigenvalue weighted by atomic mass is 35.5. The molecule has 1 aromatic rings. The lowest BCUT2D eigenvalue weighted by atomic mass is 9.97. The van der Waals surface area contributed by atoms with Gasteiger partial charge in [0.05, 0.1) is 10.0 Å². The van der Waals surface area contributed by atoms with Crippen molar-refractivity contribution < 1.29 is 4.79 Å². The van der Waals surface area contributed by atoms with Crippen molar-refractivity contribution in [1.29, 1.82) is 0 Å². The predicted octanol–water partition coefficient (Wildman–Crippen LogP) is 4.26. The molecule has 2 heterocycles. The van der Waals surface area contributed by atoms with E-state index in [1.807, 2.05) is 4.90 Å². The third kappa shape index (κ3) is 5.98. The number of hydrogen-bond donors (Lipinski definition) is 1. The van der Waals surface area contributed by atoms with Gasteiger partial charge in [0.25, 0.3) is 0 Å². The number of amides is 2. The Balaban J connectivity index is 1.48. The summed E-state index contributed by atoms with van der Waals surface area (Å²) in [6.07, 6.45) is 3.65. The Morgan fingerprint density at radius 3 is 2.67 bits per heavy atom. The number of rotatable bonds is 4. The van der Waals surface area contributed by atoms with Gasteiger partial charge in [-0.2, -0.15) is 0 Å². The molecule has 0 aromatic heterocycles. The molecule has 3 rings (SSSR count). The molecule has 1 atom stereocenters. The number of carbonyl (C=O) groups excluding carboxylic acids is 1. The van der Waals surface area contributed by atoms with Gasteiger partial charge in [0.2, 0.25) is 0 Å². The van der Waals surface area contributed by atoms with Crippen LogP contribution < -0.4 is 5.32 Å². The number of hydrogen-bond acceptors (Lipinski definition) is 3. The van der Waals surface area contributed by atoms with E-state index in [-0.39, 0.29) is 6.03 Å². The highest BCUT2D eigenvalue weighted by Gasteiger charge is 2.24. The zero-order valence-electron chi connectivity index (χ0n) is 16.1. The molecule has 0 saturated carbocycles. The van der Waals surface area contributed by atoms with E-state index >= 15 is 0 Å². The predicted molar refractivity (Wildman–Crippen MR) is 113 cm³/mol. The van der Waals surface area contributed by atoms with Crippen molar-refractivity contribution in [2.45, 2.75) is 26.2 Å². The fourth-order valence-corrected chi connectivity index (χ4v) is 4.38. The summed E-state index contributed by atoms with van der Waals surface area (Å²) in [5, 5.41) is 3.88. The van der Waals surface area contributed by atoms with Crippen LogP contribution in [0.2, 0.25) is 10.0 Å². The second-order valence-corrected chi connectivity index (χ2v) is 8.42. The minimum atomic E-state index is -0.0648. The van der Waals surface area contributed by atoms with E-state index in [1.54, 1.807) is 18.2 Å². The van der Waals surface area contributed by atoms with Crippen LogP contribution in [0, 0.1) is 5.92 Å². The van der Waals surface area contributed by atoms with Crippen LogP contribution >= 0.6 is 23.2 Å². The van der Waals surface area contributed by atoms with Crippen LogP contribution in [0.15, 0.2) is 18.2 Å². The van der Waals surface area contributed by atoms with Crippen molar-refractivity contribution in [1.82, 2.24) is 14.7 Å². The van der Waals surface area contributed by atoms with Crippen LogP contribution in [0.5, 0.6) is 0 Å². The molecule has 1 aromatic carbocycles.